The summed E-state index contributed by atoms with van der Waals surface area (Å²) in [4.78, 5) is 0. The summed E-state index contributed by atoms with van der Waals surface area (Å²) in [5.74, 6) is 4.94. The van der Waals surface area contributed by atoms with Crippen LogP contribution in [0.4, 0.5) is 0 Å². The Labute approximate surface area is 180 Å². The van der Waals surface area contributed by atoms with Gasteiger partial charge in [-0.15, -0.1) is 0 Å². The Bertz CT molecular complexity index is 573. The SMILES string of the molecule is CC(C)CCC[C@@H](C)[C@H]1CC[C@H]2[C@@H]3[C@@H](O)C[C@H]4C[C@@H](O)CC[C@]4(C)[C@H]3CC[C@]12C. The minimum Gasteiger partial charge on any atom is -0.393 e. The van der Waals surface area contributed by atoms with E-state index in [1.807, 2.05) is 0 Å². The van der Waals surface area contributed by atoms with Gasteiger partial charge in [-0.3, -0.25) is 0 Å². The molecule has 0 heterocycles. The average molecular weight is 405 g/mol. The fourth-order valence-corrected chi connectivity index (χ4v) is 9.22. The van der Waals surface area contributed by atoms with Crippen LogP contribution in [0.3, 0.4) is 0 Å². The molecule has 0 bridgehead atoms. The first-order chi connectivity index (χ1) is 13.7. The molecule has 2 heteroatoms. The Balaban J connectivity index is 1.50. The predicted octanol–water partition coefficient (Wildman–Crippen LogP) is 6.44. The van der Waals surface area contributed by atoms with Gasteiger partial charge in [0.05, 0.1) is 12.2 Å². The molecule has 0 saturated heterocycles. The Morgan fingerprint density at radius 3 is 2.24 bits per heavy atom. The molecular weight excluding hydrogens is 356 g/mol. The normalized spacial score (nSPS) is 50.7. The predicted molar refractivity (Wildman–Crippen MR) is 120 cm³/mol. The summed E-state index contributed by atoms with van der Waals surface area (Å²) in [6, 6.07) is 0. The summed E-state index contributed by atoms with van der Waals surface area (Å²) in [5.41, 5.74) is 0.794. The highest BCUT2D eigenvalue weighted by Gasteiger charge is 2.62. The summed E-state index contributed by atoms with van der Waals surface area (Å²) in [6.07, 6.45) is 13.3. The molecule has 0 spiro atoms. The second-order valence-electron chi connectivity index (χ2n) is 12.8. The largest absolute Gasteiger partial charge is 0.393 e. The molecule has 0 unspecified atom stereocenters. The summed E-state index contributed by atoms with van der Waals surface area (Å²) in [5, 5.41) is 21.6. The number of rotatable bonds is 5. The number of fused-ring (bicyclic) bond motifs is 5. The van der Waals surface area contributed by atoms with Gasteiger partial charge < -0.3 is 10.2 Å². The molecule has 0 aromatic carbocycles. The minimum absolute atomic E-state index is 0.131. The van der Waals surface area contributed by atoms with E-state index in [0.29, 0.717) is 28.6 Å². The summed E-state index contributed by atoms with van der Waals surface area (Å²) >= 11 is 0. The van der Waals surface area contributed by atoms with E-state index in [1.165, 1.54) is 51.4 Å². The zero-order valence-electron chi connectivity index (χ0n) is 19.9. The maximum Gasteiger partial charge on any atom is 0.0577 e. The van der Waals surface area contributed by atoms with E-state index in [9.17, 15) is 10.2 Å². The van der Waals surface area contributed by atoms with Gasteiger partial charge >= 0.3 is 0 Å². The maximum absolute atomic E-state index is 11.4. The third kappa shape index (κ3) is 3.73. The highest BCUT2D eigenvalue weighted by atomic mass is 16.3. The topological polar surface area (TPSA) is 40.5 Å². The van der Waals surface area contributed by atoms with Crippen molar-refractivity contribution in [1.29, 1.82) is 0 Å². The maximum atomic E-state index is 11.4. The molecule has 0 aromatic heterocycles. The molecule has 10 atom stereocenters. The van der Waals surface area contributed by atoms with Crippen LogP contribution in [0.2, 0.25) is 0 Å². The summed E-state index contributed by atoms with van der Waals surface area (Å²) in [6.45, 7) is 12.4. The van der Waals surface area contributed by atoms with Gasteiger partial charge in [-0.25, -0.2) is 0 Å². The minimum atomic E-state index is -0.136. The molecule has 4 rings (SSSR count). The van der Waals surface area contributed by atoms with Gasteiger partial charge in [0.2, 0.25) is 0 Å². The van der Waals surface area contributed by atoms with E-state index in [1.54, 1.807) is 0 Å². The lowest BCUT2D eigenvalue weighted by atomic mass is 9.43. The smallest absolute Gasteiger partial charge is 0.0577 e. The van der Waals surface area contributed by atoms with E-state index in [2.05, 4.69) is 34.6 Å². The number of aliphatic hydroxyl groups is 2. The molecular formula is C27H48O2. The third-order valence-corrected chi connectivity index (χ3v) is 10.9. The molecule has 2 nitrogen and oxygen atoms in total. The van der Waals surface area contributed by atoms with E-state index >= 15 is 0 Å². The van der Waals surface area contributed by atoms with Gasteiger partial charge in [0.15, 0.2) is 0 Å². The van der Waals surface area contributed by atoms with Crippen molar-refractivity contribution in [1.82, 2.24) is 0 Å². The first-order valence-electron chi connectivity index (χ1n) is 13.0. The van der Waals surface area contributed by atoms with E-state index in [0.717, 1.165) is 42.9 Å². The van der Waals surface area contributed by atoms with Crippen molar-refractivity contribution in [3.63, 3.8) is 0 Å². The van der Waals surface area contributed by atoms with Crippen LogP contribution < -0.4 is 0 Å². The first kappa shape index (κ1) is 22.1. The van der Waals surface area contributed by atoms with Gasteiger partial charge in [0.1, 0.15) is 0 Å². The van der Waals surface area contributed by atoms with Crippen molar-refractivity contribution in [3.8, 4) is 0 Å². The van der Waals surface area contributed by atoms with Gasteiger partial charge in [0, 0.05) is 0 Å². The Hall–Kier alpha value is -0.0800. The molecule has 4 saturated carbocycles. The number of aliphatic hydroxyl groups excluding tert-OH is 2. The Kier molecular flexibility index (Phi) is 6.19. The molecule has 0 radical (unpaired) electrons. The quantitative estimate of drug-likeness (QED) is 0.553. The molecule has 4 aliphatic rings. The second-order valence-corrected chi connectivity index (χ2v) is 12.8. The van der Waals surface area contributed by atoms with Crippen molar-refractivity contribution in [3.05, 3.63) is 0 Å². The van der Waals surface area contributed by atoms with Crippen molar-refractivity contribution in [2.75, 3.05) is 0 Å². The third-order valence-electron chi connectivity index (χ3n) is 10.9. The van der Waals surface area contributed by atoms with Crippen LogP contribution in [0.15, 0.2) is 0 Å². The number of hydrogen-bond donors (Lipinski definition) is 2. The lowest BCUT2D eigenvalue weighted by Gasteiger charge is -2.62. The Morgan fingerprint density at radius 1 is 0.828 bits per heavy atom. The molecule has 168 valence electrons. The van der Waals surface area contributed by atoms with Gasteiger partial charge in [0.25, 0.3) is 0 Å². The van der Waals surface area contributed by atoms with Crippen LogP contribution in [-0.2, 0) is 0 Å². The van der Waals surface area contributed by atoms with Gasteiger partial charge in [-0.05, 0) is 104 Å². The molecule has 2 N–H and O–H groups in total. The first-order valence-corrected chi connectivity index (χ1v) is 13.0. The van der Waals surface area contributed by atoms with E-state index < -0.39 is 0 Å². The van der Waals surface area contributed by atoms with Crippen LogP contribution in [0, 0.1) is 52.3 Å². The standard InChI is InChI=1S/C27H48O2/c1-17(2)7-6-8-18(3)21-9-10-22-25-23(12-14-27(21,22)5)26(4)13-11-20(28)15-19(26)16-24(25)29/h17-25,28-29H,6-16H2,1-5H3/t18-,19-,20+,21-,22+,23+,24+,25+,26+,27-/m1/s1. The van der Waals surface area contributed by atoms with Crippen molar-refractivity contribution < 1.29 is 10.2 Å². The van der Waals surface area contributed by atoms with Crippen molar-refractivity contribution >= 4 is 0 Å². The zero-order chi connectivity index (χ0) is 21.0. The summed E-state index contributed by atoms with van der Waals surface area (Å²) in [7, 11) is 0. The fraction of sp³-hybridized carbons (Fsp3) is 1.00. The fourth-order valence-electron chi connectivity index (χ4n) is 9.22. The zero-order valence-corrected chi connectivity index (χ0v) is 19.9. The molecule has 4 fully saturated rings. The van der Waals surface area contributed by atoms with Crippen LogP contribution >= 0.6 is 0 Å². The molecule has 0 amide bonds. The Morgan fingerprint density at radius 2 is 1.52 bits per heavy atom. The molecule has 4 aliphatic carbocycles. The van der Waals surface area contributed by atoms with Gasteiger partial charge in [-0.1, -0.05) is 53.9 Å². The van der Waals surface area contributed by atoms with Gasteiger partial charge in [-0.2, -0.15) is 0 Å². The monoisotopic (exact) mass is 404 g/mol. The van der Waals surface area contributed by atoms with E-state index in [4.69, 9.17) is 0 Å². The van der Waals surface area contributed by atoms with Crippen LogP contribution in [0.25, 0.3) is 0 Å². The highest BCUT2D eigenvalue weighted by Crippen LogP contribution is 2.68. The average Bonchev–Trinajstić information content (AvgIpc) is 3.00. The molecule has 0 aliphatic heterocycles. The number of hydrogen-bond acceptors (Lipinski definition) is 2. The molecule has 0 aromatic rings. The lowest BCUT2D eigenvalue weighted by Crippen LogP contribution is -2.58. The summed E-state index contributed by atoms with van der Waals surface area (Å²) < 4.78 is 0. The van der Waals surface area contributed by atoms with Crippen LogP contribution in [0.1, 0.15) is 105 Å². The second kappa shape index (κ2) is 8.12. The van der Waals surface area contributed by atoms with Crippen LogP contribution in [-0.4, -0.2) is 22.4 Å². The molecule has 29 heavy (non-hydrogen) atoms. The van der Waals surface area contributed by atoms with Crippen molar-refractivity contribution in [2.45, 2.75) is 117 Å². The van der Waals surface area contributed by atoms with E-state index in [-0.39, 0.29) is 12.2 Å². The highest BCUT2D eigenvalue weighted by molar-refractivity contribution is 5.11. The lowest BCUT2D eigenvalue weighted by molar-refractivity contribution is -0.174. The van der Waals surface area contributed by atoms with Crippen molar-refractivity contribution in [2.24, 2.45) is 52.3 Å². The van der Waals surface area contributed by atoms with Crippen LogP contribution in [0.5, 0.6) is 0 Å².